The SMILES string of the molecule is Cc1noc(C)c1CN(C)c1nc(-c2ccccc2)no1. The van der Waals surface area contributed by atoms with E-state index in [9.17, 15) is 0 Å². The van der Waals surface area contributed by atoms with Gasteiger partial charge in [0, 0.05) is 18.2 Å². The highest BCUT2D eigenvalue weighted by molar-refractivity contribution is 5.55. The molecule has 6 nitrogen and oxygen atoms in total. The molecule has 0 unspecified atom stereocenters. The van der Waals surface area contributed by atoms with Crippen LogP contribution in [0.4, 0.5) is 6.01 Å². The van der Waals surface area contributed by atoms with Crippen molar-refractivity contribution in [1.82, 2.24) is 15.3 Å². The Labute approximate surface area is 122 Å². The summed E-state index contributed by atoms with van der Waals surface area (Å²) in [7, 11) is 1.90. The Morgan fingerprint density at radius 2 is 1.81 bits per heavy atom. The van der Waals surface area contributed by atoms with E-state index in [1.54, 1.807) is 0 Å². The summed E-state index contributed by atoms with van der Waals surface area (Å²) in [5.41, 5.74) is 2.84. The van der Waals surface area contributed by atoms with Gasteiger partial charge in [0.15, 0.2) is 0 Å². The third-order valence-electron chi connectivity index (χ3n) is 3.35. The first kappa shape index (κ1) is 13.4. The van der Waals surface area contributed by atoms with Crippen LogP contribution in [-0.4, -0.2) is 22.3 Å². The normalized spacial score (nSPS) is 10.8. The smallest absolute Gasteiger partial charge is 0.324 e. The molecule has 6 heteroatoms. The fraction of sp³-hybridized carbons (Fsp3) is 0.267. The largest absolute Gasteiger partial charge is 0.361 e. The van der Waals surface area contributed by atoms with Crippen LogP contribution >= 0.6 is 0 Å². The van der Waals surface area contributed by atoms with Gasteiger partial charge in [0.2, 0.25) is 5.82 Å². The van der Waals surface area contributed by atoms with Crippen molar-refractivity contribution in [2.24, 2.45) is 0 Å². The van der Waals surface area contributed by atoms with Crippen LogP contribution in [0.2, 0.25) is 0 Å². The fourth-order valence-electron chi connectivity index (χ4n) is 2.11. The van der Waals surface area contributed by atoms with Gasteiger partial charge in [-0.15, -0.1) is 0 Å². The summed E-state index contributed by atoms with van der Waals surface area (Å²) in [6.45, 7) is 4.42. The monoisotopic (exact) mass is 284 g/mol. The molecule has 108 valence electrons. The summed E-state index contributed by atoms with van der Waals surface area (Å²) in [6, 6.07) is 10.2. The van der Waals surface area contributed by atoms with Gasteiger partial charge in [0.1, 0.15) is 5.76 Å². The van der Waals surface area contributed by atoms with Crippen molar-refractivity contribution in [2.45, 2.75) is 20.4 Å². The van der Waals surface area contributed by atoms with Crippen LogP contribution in [0.5, 0.6) is 0 Å². The number of anilines is 1. The van der Waals surface area contributed by atoms with Gasteiger partial charge in [-0.2, -0.15) is 4.98 Å². The predicted molar refractivity (Wildman–Crippen MR) is 77.8 cm³/mol. The van der Waals surface area contributed by atoms with Crippen LogP contribution in [0, 0.1) is 13.8 Å². The van der Waals surface area contributed by atoms with E-state index in [0.717, 1.165) is 22.6 Å². The number of aromatic nitrogens is 3. The van der Waals surface area contributed by atoms with E-state index in [2.05, 4.69) is 15.3 Å². The Bertz CT molecular complexity index is 714. The number of hydrogen-bond acceptors (Lipinski definition) is 6. The van der Waals surface area contributed by atoms with Crippen LogP contribution in [0.15, 0.2) is 39.4 Å². The molecule has 0 saturated heterocycles. The van der Waals surface area contributed by atoms with E-state index in [1.807, 2.05) is 56.1 Å². The van der Waals surface area contributed by atoms with Gasteiger partial charge < -0.3 is 13.9 Å². The van der Waals surface area contributed by atoms with Crippen molar-refractivity contribution >= 4 is 6.01 Å². The first-order valence-electron chi connectivity index (χ1n) is 6.67. The Kier molecular flexibility index (Phi) is 3.43. The first-order chi connectivity index (χ1) is 10.1. The highest BCUT2D eigenvalue weighted by atomic mass is 16.5. The summed E-state index contributed by atoms with van der Waals surface area (Å²) < 4.78 is 10.5. The number of hydrogen-bond donors (Lipinski definition) is 0. The summed E-state index contributed by atoms with van der Waals surface area (Å²) >= 11 is 0. The first-order valence-corrected chi connectivity index (χ1v) is 6.67. The lowest BCUT2D eigenvalue weighted by Gasteiger charge is -2.12. The highest BCUT2D eigenvalue weighted by Crippen LogP contribution is 2.21. The molecule has 3 aromatic rings. The molecule has 0 amide bonds. The lowest BCUT2D eigenvalue weighted by molar-refractivity contribution is 0.391. The molecule has 0 aliphatic heterocycles. The van der Waals surface area contributed by atoms with E-state index < -0.39 is 0 Å². The zero-order valence-corrected chi connectivity index (χ0v) is 12.2. The Morgan fingerprint density at radius 3 is 2.48 bits per heavy atom. The molecule has 21 heavy (non-hydrogen) atoms. The number of aryl methyl sites for hydroxylation is 2. The molecule has 0 aliphatic rings. The third-order valence-corrected chi connectivity index (χ3v) is 3.35. The molecule has 2 aromatic heterocycles. The maximum absolute atomic E-state index is 5.32. The number of rotatable bonds is 4. The van der Waals surface area contributed by atoms with Gasteiger partial charge in [-0.1, -0.05) is 40.6 Å². The van der Waals surface area contributed by atoms with Crippen molar-refractivity contribution in [2.75, 3.05) is 11.9 Å². The second kappa shape index (κ2) is 5.40. The van der Waals surface area contributed by atoms with Gasteiger partial charge in [-0.3, -0.25) is 0 Å². The van der Waals surface area contributed by atoms with Gasteiger partial charge in [0.25, 0.3) is 0 Å². The highest BCUT2D eigenvalue weighted by Gasteiger charge is 2.16. The van der Waals surface area contributed by atoms with Crippen LogP contribution in [0.3, 0.4) is 0 Å². The second-order valence-electron chi connectivity index (χ2n) is 4.93. The zero-order valence-electron chi connectivity index (χ0n) is 12.2. The van der Waals surface area contributed by atoms with Crippen molar-refractivity contribution in [3.8, 4) is 11.4 Å². The van der Waals surface area contributed by atoms with Crippen molar-refractivity contribution in [3.05, 3.63) is 47.3 Å². The minimum absolute atomic E-state index is 0.467. The van der Waals surface area contributed by atoms with Crippen molar-refractivity contribution in [3.63, 3.8) is 0 Å². The molecule has 1 aromatic carbocycles. The lowest BCUT2D eigenvalue weighted by Crippen LogP contribution is -2.17. The summed E-state index contributed by atoms with van der Waals surface area (Å²) in [5.74, 6) is 1.39. The Balaban J connectivity index is 1.80. The van der Waals surface area contributed by atoms with E-state index >= 15 is 0 Å². The number of nitrogens with zero attached hydrogens (tertiary/aromatic N) is 4. The third kappa shape index (κ3) is 2.65. The van der Waals surface area contributed by atoms with E-state index in [0.29, 0.717) is 18.4 Å². The van der Waals surface area contributed by atoms with E-state index in [-0.39, 0.29) is 0 Å². The Morgan fingerprint density at radius 1 is 1.05 bits per heavy atom. The van der Waals surface area contributed by atoms with Crippen LogP contribution in [-0.2, 0) is 6.54 Å². The van der Waals surface area contributed by atoms with Gasteiger partial charge >= 0.3 is 6.01 Å². The Hall–Kier alpha value is -2.63. The minimum atomic E-state index is 0.467. The molecule has 2 heterocycles. The van der Waals surface area contributed by atoms with Gasteiger partial charge in [-0.05, 0) is 13.8 Å². The summed E-state index contributed by atoms with van der Waals surface area (Å²) in [5, 5.41) is 7.96. The summed E-state index contributed by atoms with van der Waals surface area (Å²) in [6.07, 6.45) is 0. The topological polar surface area (TPSA) is 68.2 Å². The maximum atomic E-state index is 5.32. The molecule has 3 rings (SSSR count). The molecule has 0 N–H and O–H groups in total. The molecular formula is C15H16N4O2. The molecule has 0 atom stereocenters. The minimum Gasteiger partial charge on any atom is -0.361 e. The van der Waals surface area contributed by atoms with Crippen molar-refractivity contribution in [1.29, 1.82) is 0 Å². The van der Waals surface area contributed by atoms with E-state index in [4.69, 9.17) is 9.05 Å². The van der Waals surface area contributed by atoms with E-state index in [1.165, 1.54) is 0 Å². The van der Waals surface area contributed by atoms with Gasteiger partial charge in [0.05, 0.1) is 12.2 Å². The molecular weight excluding hydrogens is 268 g/mol. The molecule has 0 saturated carbocycles. The fourth-order valence-corrected chi connectivity index (χ4v) is 2.11. The predicted octanol–water partition coefficient (Wildman–Crippen LogP) is 2.98. The molecule has 0 fully saturated rings. The van der Waals surface area contributed by atoms with Crippen LogP contribution < -0.4 is 4.90 Å². The molecule has 0 aliphatic carbocycles. The number of benzene rings is 1. The second-order valence-corrected chi connectivity index (χ2v) is 4.93. The molecule has 0 bridgehead atoms. The zero-order chi connectivity index (χ0) is 14.8. The molecule has 0 radical (unpaired) electrons. The maximum Gasteiger partial charge on any atom is 0.324 e. The van der Waals surface area contributed by atoms with Crippen LogP contribution in [0.25, 0.3) is 11.4 Å². The molecule has 0 spiro atoms. The van der Waals surface area contributed by atoms with Gasteiger partial charge in [-0.25, -0.2) is 0 Å². The quantitative estimate of drug-likeness (QED) is 0.733. The van der Waals surface area contributed by atoms with Crippen LogP contribution in [0.1, 0.15) is 17.0 Å². The van der Waals surface area contributed by atoms with Crippen molar-refractivity contribution < 1.29 is 9.05 Å². The average molecular weight is 284 g/mol. The lowest BCUT2D eigenvalue weighted by atomic mass is 10.2. The summed E-state index contributed by atoms with van der Waals surface area (Å²) in [4.78, 5) is 6.30. The standard InChI is InChI=1S/C15H16N4O2/c1-10-13(11(2)20-17-10)9-19(3)15-16-14(18-21-15)12-7-5-4-6-8-12/h4-8H,9H2,1-3H3. The average Bonchev–Trinajstić information content (AvgIpc) is 3.11.